The molecule has 0 saturated carbocycles. The van der Waals surface area contributed by atoms with Crippen LogP contribution in [0.3, 0.4) is 0 Å². The maximum atomic E-state index is 8.72. The normalized spacial score (nSPS) is 14.7. The van der Waals surface area contributed by atoms with E-state index in [0.717, 1.165) is 38.9 Å². The zero-order chi connectivity index (χ0) is 34.2. The van der Waals surface area contributed by atoms with Crippen LogP contribution in [0.4, 0.5) is 0 Å². The molecule has 5 nitrogen and oxygen atoms in total. The van der Waals surface area contributed by atoms with E-state index in [-0.39, 0.29) is 27.5 Å². The van der Waals surface area contributed by atoms with Crippen LogP contribution < -0.4 is 0 Å². The summed E-state index contributed by atoms with van der Waals surface area (Å²) in [6.45, 7) is 24.9. The third kappa shape index (κ3) is 8.66. The maximum absolute atomic E-state index is 8.72. The number of methoxy groups -OCH3 is 1. The summed E-state index contributed by atoms with van der Waals surface area (Å²) in [7, 11) is 1.60. The Morgan fingerprint density at radius 2 is 0.913 bits per heavy atom. The van der Waals surface area contributed by atoms with Gasteiger partial charge >= 0.3 is 0 Å². The second kappa shape index (κ2) is 12.2. The van der Waals surface area contributed by atoms with E-state index in [4.69, 9.17) is 20.1 Å². The fourth-order valence-electron chi connectivity index (χ4n) is 4.24. The van der Waals surface area contributed by atoms with Crippen molar-refractivity contribution in [3.8, 4) is 47.4 Å². The van der Waals surface area contributed by atoms with Crippen LogP contribution in [0.25, 0.3) is 0 Å². The number of hydrogen-bond acceptors (Lipinski definition) is 3. The minimum atomic E-state index is -0.194. The van der Waals surface area contributed by atoms with Crippen LogP contribution in [0, 0.1) is 74.4 Å². The lowest BCUT2D eigenvalue weighted by Gasteiger charge is -2.10. The molecule has 0 aromatic heterocycles. The fourth-order valence-corrected chi connectivity index (χ4v) is 4.24. The molecule has 0 atom stereocenters. The number of fused-ring (bicyclic) bond motifs is 2. The minimum Gasteiger partial charge on any atom is -0.480 e. The summed E-state index contributed by atoms with van der Waals surface area (Å²) in [5.41, 5.74) is 5.38. The molecule has 0 radical (unpaired) electrons. The Labute approximate surface area is 276 Å². The number of hydrogen-bond donors (Lipinski definition) is 1. The maximum Gasteiger partial charge on any atom is 0.223 e. The molecule has 5 heteroatoms. The fraction of sp³-hybridized carbons (Fsp3) is 0.415. The first kappa shape index (κ1) is 34.0. The van der Waals surface area contributed by atoms with Crippen molar-refractivity contribution in [1.82, 2.24) is 0 Å². The smallest absolute Gasteiger partial charge is 0.223 e. The molecule has 2 heterocycles. The van der Waals surface area contributed by atoms with E-state index in [1.165, 1.54) is 0 Å². The standard InChI is InChI=1S/C41H44N4O/c1-38(2,3)18-14-26-22-30-31(23-27(26)15-19-39(4,5)6)35(43-34(30)42)44-36-32-24-28(16-20-40(7,8)9)29(17-21-41(10,11)12)25-33(32)37(45-36)46-13/h22-25,42H,1-13H3. The van der Waals surface area contributed by atoms with Crippen LogP contribution in [0.1, 0.15) is 128 Å². The molecular formula is C41H44N4O. The molecule has 0 saturated heterocycles. The van der Waals surface area contributed by atoms with E-state index in [0.29, 0.717) is 23.1 Å². The van der Waals surface area contributed by atoms with Crippen LogP contribution in [0.15, 0.2) is 39.2 Å². The van der Waals surface area contributed by atoms with Crippen molar-refractivity contribution in [2.45, 2.75) is 83.1 Å². The Morgan fingerprint density at radius 3 is 1.30 bits per heavy atom. The molecule has 0 aliphatic carbocycles. The Kier molecular flexibility index (Phi) is 9.00. The first-order valence-corrected chi connectivity index (χ1v) is 15.5. The third-order valence-electron chi connectivity index (χ3n) is 6.40. The van der Waals surface area contributed by atoms with Gasteiger partial charge in [-0.15, -0.1) is 0 Å². The van der Waals surface area contributed by atoms with E-state index >= 15 is 0 Å². The molecule has 0 fully saturated rings. The molecule has 46 heavy (non-hydrogen) atoms. The number of rotatable bonds is 0. The Bertz CT molecular complexity index is 1980. The first-order chi connectivity index (χ1) is 21.1. The molecule has 2 aliphatic heterocycles. The van der Waals surface area contributed by atoms with Crippen molar-refractivity contribution in [3.63, 3.8) is 0 Å². The van der Waals surface area contributed by atoms with E-state index in [1.807, 2.05) is 24.3 Å². The van der Waals surface area contributed by atoms with E-state index in [9.17, 15) is 0 Å². The Balaban J connectivity index is 1.91. The van der Waals surface area contributed by atoms with Gasteiger partial charge < -0.3 is 4.74 Å². The molecule has 2 aromatic carbocycles. The predicted molar refractivity (Wildman–Crippen MR) is 192 cm³/mol. The van der Waals surface area contributed by atoms with E-state index in [1.54, 1.807) is 7.11 Å². The zero-order valence-electron chi connectivity index (χ0n) is 29.6. The van der Waals surface area contributed by atoms with Gasteiger partial charge in [-0.25, -0.2) is 9.98 Å². The lowest BCUT2D eigenvalue weighted by molar-refractivity contribution is 0.406. The van der Waals surface area contributed by atoms with Crippen LogP contribution >= 0.6 is 0 Å². The predicted octanol–water partition coefficient (Wildman–Crippen LogP) is 8.22. The summed E-state index contributed by atoms with van der Waals surface area (Å²) in [6, 6.07) is 7.83. The van der Waals surface area contributed by atoms with Gasteiger partial charge in [-0.1, -0.05) is 47.4 Å². The van der Waals surface area contributed by atoms with Gasteiger partial charge in [0.25, 0.3) is 0 Å². The van der Waals surface area contributed by atoms with Crippen LogP contribution in [0.2, 0.25) is 0 Å². The monoisotopic (exact) mass is 608 g/mol. The number of nitrogens with one attached hydrogen (secondary N) is 1. The molecule has 2 aromatic rings. The molecule has 234 valence electrons. The Hall–Kier alpha value is -4.84. The largest absolute Gasteiger partial charge is 0.480 e. The van der Waals surface area contributed by atoms with Crippen molar-refractivity contribution in [2.75, 3.05) is 7.11 Å². The van der Waals surface area contributed by atoms with Gasteiger partial charge in [-0.2, -0.15) is 4.99 Å². The molecule has 2 aliphatic rings. The second-order valence-corrected chi connectivity index (χ2v) is 15.7. The minimum absolute atomic E-state index is 0.127. The first-order valence-electron chi connectivity index (χ1n) is 15.5. The highest BCUT2D eigenvalue weighted by molar-refractivity contribution is 6.28. The average molecular weight is 609 g/mol. The summed E-state index contributed by atoms with van der Waals surface area (Å²) >= 11 is 0. The van der Waals surface area contributed by atoms with Gasteiger partial charge in [0.1, 0.15) is 0 Å². The highest BCUT2D eigenvalue weighted by Gasteiger charge is 2.28. The Morgan fingerprint density at radius 1 is 0.543 bits per heavy atom. The second-order valence-electron chi connectivity index (χ2n) is 15.7. The van der Waals surface area contributed by atoms with Crippen LogP contribution in [-0.2, 0) is 4.74 Å². The van der Waals surface area contributed by atoms with Gasteiger partial charge in [0.15, 0.2) is 17.5 Å². The molecule has 0 unspecified atom stereocenters. The van der Waals surface area contributed by atoms with Crippen LogP contribution in [-0.4, -0.2) is 30.5 Å². The number of amidine groups is 3. The van der Waals surface area contributed by atoms with Gasteiger partial charge in [0.05, 0.1) is 7.11 Å². The van der Waals surface area contributed by atoms with Crippen molar-refractivity contribution in [3.05, 3.63) is 68.8 Å². The number of benzene rings is 2. The lowest BCUT2D eigenvalue weighted by Crippen LogP contribution is -2.06. The van der Waals surface area contributed by atoms with Crippen molar-refractivity contribution < 1.29 is 4.74 Å². The molecule has 4 rings (SSSR count). The lowest BCUT2D eigenvalue weighted by atomic mass is 9.93. The van der Waals surface area contributed by atoms with Gasteiger partial charge in [-0.3, -0.25) is 5.41 Å². The van der Waals surface area contributed by atoms with Crippen molar-refractivity contribution >= 4 is 23.4 Å². The molecular weight excluding hydrogens is 564 g/mol. The molecule has 0 spiro atoms. The molecule has 0 amide bonds. The van der Waals surface area contributed by atoms with Crippen LogP contribution in [0.5, 0.6) is 0 Å². The third-order valence-corrected chi connectivity index (χ3v) is 6.40. The topological polar surface area (TPSA) is 70.2 Å². The van der Waals surface area contributed by atoms with Crippen molar-refractivity contribution in [1.29, 1.82) is 5.41 Å². The van der Waals surface area contributed by atoms with Crippen molar-refractivity contribution in [2.24, 2.45) is 36.6 Å². The molecule has 0 bridgehead atoms. The van der Waals surface area contributed by atoms with E-state index in [2.05, 4.69) is 135 Å². The summed E-state index contributed by atoms with van der Waals surface area (Å²) < 4.78 is 5.70. The number of aliphatic imine (C=N–C) groups is 3. The summed E-state index contributed by atoms with van der Waals surface area (Å²) in [5, 5.41) is 8.72. The van der Waals surface area contributed by atoms with Gasteiger partial charge in [-0.05, 0) is 107 Å². The summed E-state index contributed by atoms with van der Waals surface area (Å²) in [4.78, 5) is 14.2. The van der Waals surface area contributed by atoms with E-state index < -0.39 is 0 Å². The van der Waals surface area contributed by atoms with Gasteiger partial charge in [0.2, 0.25) is 5.90 Å². The SMILES string of the molecule is COC1=NC(=NC2=NC(=N)c3cc(C#CC(C)(C)C)c(C#CC(C)(C)C)cc32)c2cc(C#CC(C)(C)C)c(C#CC(C)(C)C)cc21. The summed E-state index contributed by atoms with van der Waals surface area (Å²) in [5.74, 6) is 28.1. The highest BCUT2D eigenvalue weighted by Crippen LogP contribution is 2.29. The number of nitrogens with zero attached hydrogens (tertiary/aromatic N) is 3. The highest BCUT2D eigenvalue weighted by atomic mass is 16.5. The quantitative estimate of drug-likeness (QED) is 0.301. The van der Waals surface area contributed by atoms with Gasteiger partial charge in [0, 0.05) is 66.2 Å². The zero-order valence-corrected chi connectivity index (χ0v) is 29.6. The average Bonchev–Trinajstić information content (AvgIpc) is 3.41. The number of ether oxygens (including phenoxy) is 1. The molecule has 1 N–H and O–H groups in total. The summed E-state index contributed by atoms with van der Waals surface area (Å²) in [6.07, 6.45) is 0.